The first-order valence-corrected chi connectivity index (χ1v) is 4.85. The highest BCUT2D eigenvalue weighted by Crippen LogP contribution is 2.72. The Balaban J connectivity index is 0.00000163. The van der Waals surface area contributed by atoms with Crippen LogP contribution >= 0.6 is 0 Å². The summed E-state index contributed by atoms with van der Waals surface area (Å²) in [7, 11) is 0. The molecule has 16 heteroatoms. The van der Waals surface area contributed by atoms with E-state index in [1.165, 1.54) is 0 Å². The lowest BCUT2D eigenvalue weighted by molar-refractivity contribution is -0.515. The van der Waals surface area contributed by atoms with Gasteiger partial charge in [0, 0.05) is 0 Å². The van der Waals surface area contributed by atoms with Crippen molar-refractivity contribution in [3.05, 3.63) is 0 Å². The first-order chi connectivity index (χ1) is 10.2. The molecule has 1 saturated carbocycles. The smallest absolute Gasteiger partial charge is 0.265 e. The summed E-state index contributed by atoms with van der Waals surface area (Å²) in [5.74, 6) is -38.9. The summed E-state index contributed by atoms with van der Waals surface area (Å²) in [5.41, 5.74) is -7.91. The molecule has 1 rings (SSSR count). The molecule has 1 aliphatic carbocycles. The molecule has 0 aromatic rings. The molecule has 0 bridgehead atoms. The highest BCUT2D eigenvalue weighted by molar-refractivity contribution is 5.35. The van der Waals surface area contributed by atoms with E-state index in [2.05, 4.69) is 0 Å². The maximum absolute atomic E-state index is 13.1. The van der Waals surface area contributed by atoms with Gasteiger partial charge in [-0.25, -0.2) is 4.39 Å². The first kappa shape index (κ1) is 22.6. The molecule has 0 atom stereocenters. The van der Waals surface area contributed by atoms with E-state index in [0.717, 1.165) is 0 Å². The van der Waals surface area contributed by atoms with Crippen molar-refractivity contribution in [2.45, 2.75) is 41.5 Å². The molecule has 0 unspecified atom stereocenters. The van der Waals surface area contributed by atoms with Gasteiger partial charge in [-0.1, -0.05) is 0 Å². The molecule has 0 spiro atoms. The van der Waals surface area contributed by atoms with Gasteiger partial charge in [-0.05, 0) is 0 Å². The fourth-order valence-corrected chi connectivity index (χ4v) is 1.58. The Hall–Kier alpha value is -1.38. The first-order valence-electron chi connectivity index (χ1n) is 4.85. The number of hydrogen-bond donors (Lipinski definition) is 0. The number of carbonyl (C=O) groups excluding carboxylic acids is 1. The van der Waals surface area contributed by atoms with Crippen molar-refractivity contribution in [1.82, 2.24) is 0 Å². The van der Waals surface area contributed by atoms with Gasteiger partial charge in [-0.2, -0.15) is 61.5 Å². The summed E-state index contributed by atoms with van der Waals surface area (Å²) < 4.78 is 185. The number of hydrogen-bond acceptors (Lipinski definition) is 1. The predicted octanol–water partition coefficient (Wildman–Crippen LogP) is 4.59. The third-order valence-corrected chi connectivity index (χ3v) is 2.83. The van der Waals surface area contributed by atoms with Crippen LogP contribution in [0.2, 0.25) is 0 Å². The average Bonchev–Trinajstić information content (AvgIpc) is 2.34. The topological polar surface area (TPSA) is 17.1 Å². The summed E-state index contributed by atoms with van der Waals surface area (Å²) in [5, 5.41) is 0. The van der Waals surface area contributed by atoms with Crippen LogP contribution in [-0.4, -0.2) is 48.0 Å². The summed E-state index contributed by atoms with van der Waals surface area (Å²) >= 11 is 0. The van der Waals surface area contributed by atoms with E-state index >= 15 is 0 Å². The third kappa shape index (κ3) is 2.09. The molecule has 24 heavy (non-hydrogen) atoms. The lowest BCUT2D eigenvalue weighted by Crippen LogP contribution is -2.86. The van der Waals surface area contributed by atoms with Gasteiger partial charge < -0.3 is 0 Å². The van der Waals surface area contributed by atoms with Crippen LogP contribution < -0.4 is 0 Å². The van der Waals surface area contributed by atoms with E-state index in [1.54, 1.807) is 0 Å². The average molecular weight is 398 g/mol. The highest BCUT2D eigenvalue weighted by Gasteiger charge is 3.05. The van der Waals surface area contributed by atoms with Crippen LogP contribution in [0.15, 0.2) is 0 Å². The van der Waals surface area contributed by atoms with Crippen LogP contribution in [0, 0.1) is 0 Å². The molecule has 1 aliphatic rings. The van der Waals surface area contributed by atoms with Crippen molar-refractivity contribution in [3.63, 3.8) is 0 Å². The third-order valence-electron chi connectivity index (χ3n) is 2.83. The molecule has 1 nitrogen and oxygen atoms in total. The highest BCUT2D eigenvalue weighted by atomic mass is 19.4. The molecule has 0 heterocycles. The summed E-state index contributed by atoms with van der Waals surface area (Å²) in [4.78, 5) is 8.14. The minimum atomic E-state index is -7.91. The quantitative estimate of drug-likeness (QED) is 0.332. The van der Waals surface area contributed by atoms with Crippen LogP contribution in [0.4, 0.5) is 65.9 Å². The van der Waals surface area contributed by atoms with Crippen LogP contribution in [0.3, 0.4) is 0 Å². The molecule has 1 fully saturated rings. The van der Waals surface area contributed by atoms with Gasteiger partial charge in [0.1, 0.15) is 0 Å². The maximum atomic E-state index is 13.1. The van der Waals surface area contributed by atoms with Crippen molar-refractivity contribution >= 4 is 6.54 Å². The van der Waals surface area contributed by atoms with Crippen molar-refractivity contribution in [3.8, 4) is 0 Å². The second kappa shape index (κ2) is 5.31. The van der Waals surface area contributed by atoms with Crippen LogP contribution in [0.25, 0.3) is 0 Å². The fourth-order valence-electron chi connectivity index (χ4n) is 1.58. The molecule has 0 aliphatic heterocycles. The van der Waals surface area contributed by atoms with Crippen LogP contribution in [0.1, 0.15) is 0 Å². The standard InChI is InChI=1S/C7F14.CHFO/c8-1(7(19,20)21)2(9,10)4(13,14)6(17,18)5(15,16)3(1,11)12;2-1-3/h;1H. The lowest BCUT2D eigenvalue weighted by atomic mass is 9.72. The monoisotopic (exact) mass is 398 g/mol. The number of rotatable bonds is 0. The van der Waals surface area contributed by atoms with E-state index in [9.17, 15) is 65.9 Å². The van der Waals surface area contributed by atoms with Crippen molar-refractivity contribution in [2.75, 3.05) is 0 Å². The molecule has 0 saturated heterocycles. The summed E-state index contributed by atoms with van der Waals surface area (Å²) in [6, 6.07) is 0. The Kier molecular flexibility index (Phi) is 5.00. The summed E-state index contributed by atoms with van der Waals surface area (Å²) in [6.07, 6.45) is -7.70. The molecular formula is C8HF15O. The summed E-state index contributed by atoms with van der Waals surface area (Å²) in [6.45, 7) is -0.750. The van der Waals surface area contributed by atoms with Gasteiger partial charge in [0.2, 0.25) is 0 Å². The van der Waals surface area contributed by atoms with Crippen molar-refractivity contribution in [2.24, 2.45) is 0 Å². The van der Waals surface area contributed by atoms with Gasteiger partial charge in [0.05, 0.1) is 0 Å². The lowest BCUT2D eigenvalue weighted by Gasteiger charge is -2.52. The second-order valence-corrected chi connectivity index (χ2v) is 4.12. The predicted molar refractivity (Wildman–Crippen MR) is 42.5 cm³/mol. The van der Waals surface area contributed by atoms with Crippen LogP contribution in [0.5, 0.6) is 0 Å². The number of alkyl halides is 14. The minimum absolute atomic E-state index is 0.750. The zero-order valence-electron chi connectivity index (χ0n) is 10.2. The molecule has 0 N–H and O–H groups in total. The van der Waals surface area contributed by atoms with Crippen molar-refractivity contribution < 1.29 is 70.7 Å². The largest absolute Gasteiger partial charge is 0.435 e. The Morgan fingerprint density at radius 3 is 0.875 bits per heavy atom. The van der Waals surface area contributed by atoms with Gasteiger partial charge in [-0.15, -0.1) is 0 Å². The SMILES string of the molecule is FC(F)(F)C1(F)C(F)(F)C(F)(F)C(F)(F)C(F)(F)C1(F)F.O=CF. The van der Waals surface area contributed by atoms with E-state index in [4.69, 9.17) is 4.79 Å². The normalized spacial score (nSPS) is 28.3. The number of halogens is 15. The zero-order chi connectivity index (χ0) is 20.2. The molecule has 0 aromatic heterocycles. The Labute approximate surface area is 120 Å². The molecule has 0 aromatic carbocycles. The minimum Gasteiger partial charge on any atom is -0.265 e. The van der Waals surface area contributed by atoms with Gasteiger partial charge >= 0.3 is 41.5 Å². The van der Waals surface area contributed by atoms with E-state index in [1.807, 2.05) is 0 Å². The van der Waals surface area contributed by atoms with E-state index in [-0.39, 0.29) is 0 Å². The number of carbonyl (C=O) groups is 1. The Morgan fingerprint density at radius 1 is 0.542 bits per heavy atom. The molecular weight excluding hydrogens is 397 g/mol. The van der Waals surface area contributed by atoms with Gasteiger partial charge in [0.15, 0.2) is 0 Å². The maximum Gasteiger partial charge on any atom is 0.435 e. The Bertz CT molecular complexity index is 458. The molecule has 0 radical (unpaired) electrons. The van der Waals surface area contributed by atoms with E-state index < -0.39 is 48.0 Å². The van der Waals surface area contributed by atoms with Gasteiger partial charge in [0.25, 0.3) is 6.54 Å². The van der Waals surface area contributed by atoms with Gasteiger partial charge in [-0.3, -0.25) is 4.79 Å². The molecule has 0 amide bonds. The molecule has 144 valence electrons. The zero-order valence-corrected chi connectivity index (χ0v) is 10.2. The fraction of sp³-hybridized carbons (Fsp3) is 0.875. The van der Waals surface area contributed by atoms with Crippen molar-refractivity contribution in [1.29, 1.82) is 0 Å². The Morgan fingerprint density at radius 2 is 0.708 bits per heavy atom. The van der Waals surface area contributed by atoms with E-state index in [0.29, 0.717) is 0 Å². The second-order valence-electron chi connectivity index (χ2n) is 4.12. The van der Waals surface area contributed by atoms with Crippen LogP contribution in [-0.2, 0) is 4.79 Å².